The van der Waals surface area contributed by atoms with Gasteiger partial charge in [0.05, 0.1) is 0 Å². The number of hydrogen-bond donors (Lipinski definition) is 6. The predicted octanol–water partition coefficient (Wildman–Crippen LogP) is -1.64. The highest BCUT2D eigenvalue weighted by Gasteiger charge is 2.48. The summed E-state index contributed by atoms with van der Waals surface area (Å²) in [5, 5.41) is 56.2. The number of benzene rings is 1. The minimum Gasteiger partial charge on any atom is -0.508 e. The molecule has 0 aliphatic carbocycles. The van der Waals surface area contributed by atoms with Gasteiger partial charge in [-0.15, -0.1) is 0 Å². The number of phenols is 1. The molecule has 5 unspecified atom stereocenters. The number of hydrogen-bond acceptors (Lipinski definition) is 8. The summed E-state index contributed by atoms with van der Waals surface area (Å²) in [6.45, 7) is 0. The molecule has 1 aliphatic rings. The summed E-state index contributed by atoms with van der Waals surface area (Å²) in [5.74, 6) is -3.72. The van der Waals surface area contributed by atoms with Gasteiger partial charge < -0.3 is 40.1 Å². The van der Waals surface area contributed by atoms with Crippen LogP contribution in [0, 0.1) is 0 Å². The van der Waals surface area contributed by atoms with E-state index in [1.54, 1.807) is 0 Å². The Balaban J connectivity index is 2.28. The van der Waals surface area contributed by atoms with Crippen LogP contribution in [-0.2, 0) is 9.53 Å². The zero-order chi connectivity index (χ0) is 17.3. The zero-order valence-corrected chi connectivity index (χ0v) is 11.4. The van der Waals surface area contributed by atoms with Crippen molar-refractivity contribution in [3.63, 3.8) is 0 Å². The molecule has 2 rings (SSSR count). The molecule has 1 aromatic carbocycles. The van der Waals surface area contributed by atoms with Gasteiger partial charge in [0.1, 0.15) is 35.4 Å². The Morgan fingerprint density at radius 2 is 1.70 bits per heavy atom. The first-order valence-corrected chi connectivity index (χ1v) is 6.37. The van der Waals surface area contributed by atoms with Crippen molar-refractivity contribution < 1.29 is 49.7 Å². The molecule has 6 N–H and O–H groups in total. The van der Waals surface area contributed by atoms with Crippen molar-refractivity contribution in [2.75, 3.05) is 0 Å². The number of aromatic carboxylic acids is 1. The molecule has 1 fully saturated rings. The van der Waals surface area contributed by atoms with Gasteiger partial charge in [-0.3, -0.25) is 0 Å². The molecule has 0 radical (unpaired) electrons. The fraction of sp³-hybridized carbons (Fsp3) is 0.385. The van der Waals surface area contributed by atoms with Crippen molar-refractivity contribution in [3.05, 3.63) is 23.8 Å². The molecule has 1 saturated heterocycles. The Hall–Kier alpha value is -2.40. The Bertz CT molecular complexity index is 615. The van der Waals surface area contributed by atoms with Crippen LogP contribution in [0.3, 0.4) is 0 Å². The van der Waals surface area contributed by atoms with Crippen LogP contribution >= 0.6 is 0 Å². The maximum atomic E-state index is 11.1. The molecule has 1 aromatic rings. The third-order valence-electron chi connectivity index (χ3n) is 3.25. The van der Waals surface area contributed by atoms with E-state index in [0.29, 0.717) is 0 Å². The molecule has 1 heterocycles. The molecule has 1 aliphatic heterocycles. The third-order valence-corrected chi connectivity index (χ3v) is 3.25. The fourth-order valence-electron chi connectivity index (χ4n) is 2.06. The van der Waals surface area contributed by atoms with E-state index in [4.69, 9.17) is 19.7 Å². The average molecular weight is 330 g/mol. The lowest BCUT2D eigenvalue weighted by molar-refractivity contribution is -0.271. The van der Waals surface area contributed by atoms with Gasteiger partial charge in [0, 0.05) is 0 Å². The van der Waals surface area contributed by atoms with Crippen molar-refractivity contribution in [3.8, 4) is 11.5 Å². The number of ether oxygens (including phenoxy) is 2. The summed E-state index contributed by atoms with van der Waals surface area (Å²) in [7, 11) is 0. The molecular weight excluding hydrogens is 316 g/mol. The van der Waals surface area contributed by atoms with E-state index < -0.39 is 48.2 Å². The monoisotopic (exact) mass is 330 g/mol. The van der Waals surface area contributed by atoms with Gasteiger partial charge in [0.25, 0.3) is 0 Å². The molecule has 126 valence electrons. The molecule has 0 aromatic heterocycles. The minimum absolute atomic E-state index is 0.327. The molecule has 0 spiro atoms. The lowest BCUT2D eigenvalue weighted by atomic mass is 9.99. The summed E-state index contributed by atoms with van der Waals surface area (Å²) in [4.78, 5) is 22.1. The van der Waals surface area contributed by atoms with E-state index in [0.717, 1.165) is 18.2 Å². The van der Waals surface area contributed by atoms with Crippen molar-refractivity contribution in [1.29, 1.82) is 0 Å². The number of phenolic OH excluding ortho intramolecular Hbond substituents is 1. The Kier molecular flexibility index (Phi) is 4.71. The van der Waals surface area contributed by atoms with E-state index in [1.807, 2.05) is 0 Å². The smallest absolute Gasteiger partial charge is 0.339 e. The quantitative estimate of drug-likeness (QED) is 0.376. The number of aliphatic carboxylic acids is 1. The van der Waals surface area contributed by atoms with Crippen molar-refractivity contribution >= 4 is 11.9 Å². The average Bonchev–Trinajstić information content (AvgIpc) is 2.48. The van der Waals surface area contributed by atoms with Crippen LogP contribution in [0.2, 0.25) is 0 Å². The fourth-order valence-corrected chi connectivity index (χ4v) is 2.06. The van der Waals surface area contributed by atoms with Gasteiger partial charge in [-0.1, -0.05) is 0 Å². The highest BCUT2D eigenvalue weighted by Crippen LogP contribution is 2.28. The number of carboxylic acids is 2. The lowest BCUT2D eigenvalue weighted by Gasteiger charge is -2.38. The van der Waals surface area contributed by atoms with Crippen LogP contribution < -0.4 is 4.74 Å². The molecule has 10 heteroatoms. The Labute approximate surface area is 128 Å². The van der Waals surface area contributed by atoms with E-state index in [1.165, 1.54) is 0 Å². The van der Waals surface area contributed by atoms with E-state index in [-0.39, 0.29) is 11.5 Å². The maximum absolute atomic E-state index is 11.1. The summed E-state index contributed by atoms with van der Waals surface area (Å²) < 4.78 is 9.99. The van der Waals surface area contributed by atoms with Crippen molar-refractivity contribution in [2.45, 2.75) is 30.7 Å². The van der Waals surface area contributed by atoms with E-state index >= 15 is 0 Å². The molecule has 0 amide bonds. The molecule has 23 heavy (non-hydrogen) atoms. The number of aliphatic hydroxyl groups is 3. The SMILES string of the molecule is O=C(O)c1cc(O)ccc1OC1OC(C(=O)O)C(O)C(O)C1O. The Morgan fingerprint density at radius 1 is 1.04 bits per heavy atom. The summed E-state index contributed by atoms with van der Waals surface area (Å²) in [5.41, 5.74) is -0.465. The zero-order valence-electron chi connectivity index (χ0n) is 11.4. The maximum Gasteiger partial charge on any atom is 0.339 e. The van der Waals surface area contributed by atoms with Gasteiger partial charge >= 0.3 is 11.9 Å². The summed E-state index contributed by atoms with van der Waals surface area (Å²) in [6, 6.07) is 3.06. The second-order valence-electron chi connectivity index (χ2n) is 4.84. The second-order valence-corrected chi connectivity index (χ2v) is 4.84. The van der Waals surface area contributed by atoms with Crippen LogP contribution in [-0.4, -0.2) is 73.3 Å². The number of rotatable bonds is 4. The van der Waals surface area contributed by atoms with Crippen molar-refractivity contribution in [2.24, 2.45) is 0 Å². The number of carbonyl (C=O) groups is 2. The Morgan fingerprint density at radius 3 is 2.26 bits per heavy atom. The van der Waals surface area contributed by atoms with E-state index in [9.17, 15) is 30.0 Å². The third kappa shape index (κ3) is 3.35. The summed E-state index contributed by atoms with van der Waals surface area (Å²) >= 11 is 0. The van der Waals surface area contributed by atoms with E-state index in [2.05, 4.69) is 0 Å². The molecule has 0 bridgehead atoms. The van der Waals surface area contributed by atoms with Gasteiger partial charge in [-0.2, -0.15) is 0 Å². The van der Waals surface area contributed by atoms with Crippen LogP contribution in [0.25, 0.3) is 0 Å². The summed E-state index contributed by atoms with van der Waals surface area (Å²) in [6.07, 6.45) is -9.20. The van der Waals surface area contributed by atoms with Crippen LogP contribution in [0.4, 0.5) is 0 Å². The first-order chi connectivity index (χ1) is 10.7. The normalized spacial score (nSPS) is 30.7. The first kappa shape index (κ1) is 17.0. The van der Waals surface area contributed by atoms with Crippen LogP contribution in [0.1, 0.15) is 10.4 Å². The van der Waals surface area contributed by atoms with Gasteiger partial charge in [-0.05, 0) is 18.2 Å². The standard InChI is InChI=1S/C13H14O10/c14-4-1-2-6(5(3-4)11(18)19)22-13-9(17)7(15)8(16)10(23-13)12(20)21/h1-3,7-10,13-17H,(H,18,19)(H,20,21). The lowest BCUT2D eigenvalue weighted by Crippen LogP contribution is -2.61. The molecule has 10 nitrogen and oxygen atoms in total. The van der Waals surface area contributed by atoms with Gasteiger partial charge in [0.2, 0.25) is 6.29 Å². The number of aromatic hydroxyl groups is 1. The number of carboxylic acid groups (broad SMARTS) is 2. The number of aliphatic hydroxyl groups excluding tert-OH is 3. The minimum atomic E-state index is -1.89. The van der Waals surface area contributed by atoms with Gasteiger partial charge in [-0.25, -0.2) is 9.59 Å². The highest BCUT2D eigenvalue weighted by molar-refractivity contribution is 5.91. The highest BCUT2D eigenvalue weighted by atomic mass is 16.7. The molecule has 0 saturated carbocycles. The van der Waals surface area contributed by atoms with Crippen LogP contribution in [0.15, 0.2) is 18.2 Å². The van der Waals surface area contributed by atoms with Gasteiger partial charge in [0.15, 0.2) is 6.10 Å². The van der Waals surface area contributed by atoms with Crippen molar-refractivity contribution in [1.82, 2.24) is 0 Å². The largest absolute Gasteiger partial charge is 0.508 e. The molecule has 5 atom stereocenters. The topological polar surface area (TPSA) is 174 Å². The van der Waals surface area contributed by atoms with Crippen LogP contribution in [0.5, 0.6) is 11.5 Å². The molecular formula is C13H14O10. The predicted molar refractivity (Wildman–Crippen MR) is 70.0 cm³/mol. The second kappa shape index (κ2) is 6.38. The first-order valence-electron chi connectivity index (χ1n) is 6.37.